The molecule has 0 unspecified atom stereocenters. The monoisotopic (exact) mass is 415 g/mol. The molecule has 0 fully saturated rings. The van der Waals surface area contributed by atoms with Gasteiger partial charge in [0.1, 0.15) is 0 Å². The van der Waals surface area contributed by atoms with Crippen LogP contribution in [0.15, 0.2) is 79.1 Å². The zero-order valence-corrected chi connectivity index (χ0v) is 16.2. The Hall–Kier alpha value is -4.60. The van der Waals surface area contributed by atoms with Gasteiger partial charge >= 0.3 is 0 Å². The van der Waals surface area contributed by atoms with Crippen molar-refractivity contribution in [3.63, 3.8) is 0 Å². The molecule has 154 valence electrons. The van der Waals surface area contributed by atoms with E-state index in [-0.39, 0.29) is 5.56 Å². The highest BCUT2D eigenvalue weighted by atomic mass is 16.5. The molecule has 10 nitrogen and oxygen atoms in total. The summed E-state index contributed by atoms with van der Waals surface area (Å²) in [5.74, 6) is -0.465. The molecule has 2 aromatic carbocycles. The number of rotatable bonds is 5. The number of benzene rings is 2. The molecule has 2 amide bonds. The normalized spacial score (nSPS) is 10.5. The fourth-order valence-corrected chi connectivity index (χ4v) is 2.76. The number of hydrogen-bond acceptors (Lipinski definition) is 6. The molecule has 0 bridgehead atoms. The van der Waals surface area contributed by atoms with Gasteiger partial charge in [0, 0.05) is 23.3 Å². The van der Waals surface area contributed by atoms with Gasteiger partial charge in [-0.3, -0.25) is 20.4 Å². The van der Waals surface area contributed by atoms with E-state index < -0.39 is 11.8 Å². The fraction of sp³-hybridized carbons (Fsp3) is 0.0476. The van der Waals surface area contributed by atoms with E-state index in [0.29, 0.717) is 22.7 Å². The van der Waals surface area contributed by atoms with Crippen molar-refractivity contribution in [3.8, 4) is 11.4 Å². The van der Waals surface area contributed by atoms with Gasteiger partial charge in [-0.05, 0) is 22.9 Å². The lowest BCUT2D eigenvalue weighted by molar-refractivity contribution is -0.605. The molecule has 0 radical (unpaired) electrons. The van der Waals surface area contributed by atoms with Crippen LogP contribution < -0.4 is 15.6 Å². The maximum Gasteiger partial charge on any atom is 0.270 e. The van der Waals surface area contributed by atoms with Crippen LogP contribution in [0.1, 0.15) is 26.3 Å². The minimum absolute atomic E-state index is 0.248. The summed E-state index contributed by atoms with van der Waals surface area (Å²) in [6.45, 7) is 0.395. The summed E-state index contributed by atoms with van der Waals surface area (Å²) in [6.07, 6.45) is 2.39. The molecule has 0 saturated carbocycles. The van der Waals surface area contributed by atoms with E-state index in [0.717, 1.165) is 11.1 Å². The number of pyridine rings is 1. The predicted octanol–water partition coefficient (Wildman–Crippen LogP) is 1.10. The number of tetrazole rings is 1. The maximum absolute atomic E-state index is 12.2. The number of nitrogens with zero attached hydrogens (tertiary/aromatic N) is 5. The quantitative estimate of drug-likeness (QED) is 0.285. The summed E-state index contributed by atoms with van der Waals surface area (Å²) < 4.78 is 0.564. The summed E-state index contributed by atoms with van der Waals surface area (Å²) in [5, 5.41) is 23.5. The highest BCUT2D eigenvalue weighted by molar-refractivity contribution is 5.98. The van der Waals surface area contributed by atoms with Crippen LogP contribution in [0.2, 0.25) is 0 Å². The molecule has 0 aliphatic rings. The Kier molecular flexibility index (Phi) is 5.61. The van der Waals surface area contributed by atoms with Gasteiger partial charge in [0.15, 0.2) is 12.4 Å². The van der Waals surface area contributed by atoms with Crippen LogP contribution in [-0.4, -0.2) is 32.0 Å². The molecule has 10 heteroatoms. The first-order valence-electron chi connectivity index (χ1n) is 9.30. The summed E-state index contributed by atoms with van der Waals surface area (Å²) in [6, 6.07) is 19.1. The first-order chi connectivity index (χ1) is 15.1. The topological polar surface area (TPSA) is 129 Å². The van der Waals surface area contributed by atoms with Crippen molar-refractivity contribution in [2.75, 3.05) is 0 Å². The molecular weight excluding hydrogens is 398 g/mol. The second kappa shape index (κ2) is 8.82. The third-order valence-corrected chi connectivity index (χ3v) is 4.38. The number of aromatic nitrogens is 5. The second-order valence-electron chi connectivity index (χ2n) is 6.56. The summed E-state index contributed by atoms with van der Waals surface area (Å²) in [4.78, 5) is 25.7. The van der Waals surface area contributed by atoms with Gasteiger partial charge in [-0.15, -0.1) is 10.2 Å². The smallest absolute Gasteiger partial charge is 0.270 e. The average molecular weight is 415 g/mol. The van der Waals surface area contributed by atoms with Crippen molar-refractivity contribution >= 4 is 11.8 Å². The number of amides is 2. The largest absolute Gasteiger partial charge is 0.619 e. The van der Waals surface area contributed by atoms with Crippen LogP contribution in [0.4, 0.5) is 0 Å². The maximum atomic E-state index is 12.2. The van der Waals surface area contributed by atoms with Crippen molar-refractivity contribution in [1.82, 2.24) is 31.1 Å². The van der Waals surface area contributed by atoms with E-state index >= 15 is 0 Å². The summed E-state index contributed by atoms with van der Waals surface area (Å²) in [5.41, 5.74) is 7.02. The van der Waals surface area contributed by atoms with Crippen LogP contribution in [-0.2, 0) is 6.54 Å². The SMILES string of the molecule is O=C(NNC(=O)c1cc[n+]([O-])cc1)c1ccc(Cn2nnc(-c3ccccc3)n2)cc1. The lowest BCUT2D eigenvalue weighted by atomic mass is 10.1. The van der Waals surface area contributed by atoms with Crippen molar-refractivity contribution in [3.05, 3.63) is 101 Å². The van der Waals surface area contributed by atoms with E-state index in [9.17, 15) is 14.8 Å². The van der Waals surface area contributed by atoms with Crippen molar-refractivity contribution in [2.24, 2.45) is 0 Å². The lowest BCUT2D eigenvalue weighted by Gasteiger charge is -2.08. The van der Waals surface area contributed by atoms with Crippen LogP contribution in [0.5, 0.6) is 0 Å². The molecule has 2 aromatic heterocycles. The number of hydrazine groups is 1. The van der Waals surface area contributed by atoms with Crippen LogP contribution in [0.3, 0.4) is 0 Å². The Morgan fingerprint density at radius 3 is 2.13 bits per heavy atom. The molecule has 0 atom stereocenters. The van der Waals surface area contributed by atoms with E-state index in [1.54, 1.807) is 24.3 Å². The first-order valence-corrected chi connectivity index (χ1v) is 9.30. The second-order valence-corrected chi connectivity index (χ2v) is 6.56. The van der Waals surface area contributed by atoms with Gasteiger partial charge in [-0.2, -0.15) is 9.53 Å². The van der Waals surface area contributed by atoms with Crippen LogP contribution in [0, 0.1) is 5.21 Å². The molecule has 4 rings (SSSR count). The van der Waals surface area contributed by atoms with E-state index in [4.69, 9.17) is 0 Å². The molecule has 0 aliphatic carbocycles. The Balaban J connectivity index is 1.33. The average Bonchev–Trinajstić information content (AvgIpc) is 3.27. The molecule has 2 heterocycles. The van der Waals surface area contributed by atoms with Gasteiger partial charge in [0.2, 0.25) is 5.82 Å². The van der Waals surface area contributed by atoms with Crippen molar-refractivity contribution < 1.29 is 14.3 Å². The number of nitrogens with one attached hydrogen (secondary N) is 2. The molecule has 2 N–H and O–H groups in total. The molecule has 4 aromatic rings. The van der Waals surface area contributed by atoms with E-state index in [2.05, 4.69) is 26.3 Å². The summed E-state index contributed by atoms with van der Waals surface area (Å²) in [7, 11) is 0. The van der Waals surface area contributed by atoms with Gasteiger partial charge in [0.05, 0.1) is 12.1 Å². The molecule has 0 saturated heterocycles. The minimum Gasteiger partial charge on any atom is -0.619 e. The zero-order chi connectivity index (χ0) is 21.6. The van der Waals surface area contributed by atoms with Crippen molar-refractivity contribution in [1.29, 1.82) is 0 Å². The highest BCUT2D eigenvalue weighted by Gasteiger charge is 2.11. The van der Waals surface area contributed by atoms with Gasteiger partial charge in [-0.1, -0.05) is 42.5 Å². The van der Waals surface area contributed by atoms with Gasteiger partial charge in [0.25, 0.3) is 11.8 Å². The summed E-state index contributed by atoms with van der Waals surface area (Å²) >= 11 is 0. The van der Waals surface area contributed by atoms with E-state index in [1.807, 2.05) is 30.3 Å². The van der Waals surface area contributed by atoms with E-state index in [1.165, 1.54) is 29.3 Å². The highest BCUT2D eigenvalue weighted by Crippen LogP contribution is 2.12. The fourth-order valence-electron chi connectivity index (χ4n) is 2.76. The third-order valence-electron chi connectivity index (χ3n) is 4.38. The van der Waals surface area contributed by atoms with Gasteiger partial charge in [-0.25, -0.2) is 0 Å². The third kappa shape index (κ3) is 4.88. The molecular formula is C21H17N7O3. The lowest BCUT2D eigenvalue weighted by Crippen LogP contribution is -2.41. The Morgan fingerprint density at radius 2 is 1.48 bits per heavy atom. The number of carbonyl (C=O) groups excluding carboxylic acids is 2. The Labute approximate surface area is 176 Å². The molecule has 31 heavy (non-hydrogen) atoms. The minimum atomic E-state index is -0.531. The first kappa shape index (κ1) is 19.7. The number of carbonyl (C=O) groups is 2. The Bertz CT molecular complexity index is 1190. The molecule has 0 spiro atoms. The zero-order valence-electron chi connectivity index (χ0n) is 16.2. The van der Waals surface area contributed by atoms with Crippen LogP contribution in [0.25, 0.3) is 11.4 Å². The standard InChI is InChI=1S/C21H17N7O3/c29-20(23-24-21(30)18-10-12-27(31)13-11-18)17-8-6-15(7-9-17)14-28-25-19(22-26-28)16-4-2-1-3-5-16/h1-13H,14H2,(H,23,29)(H,24,30). The Morgan fingerprint density at radius 1 is 0.871 bits per heavy atom. The predicted molar refractivity (Wildman–Crippen MR) is 109 cm³/mol. The van der Waals surface area contributed by atoms with Gasteiger partial charge < -0.3 is 5.21 Å². The van der Waals surface area contributed by atoms with Crippen LogP contribution >= 0.6 is 0 Å². The molecule has 0 aliphatic heterocycles. The number of hydrogen-bond donors (Lipinski definition) is 2. The van der Waals surface area contributed by atoms with Crippen molar-refractivity contribution in [2.45, 2.75) is 6.54 Å².